The average Bonchev–Trinajstić information content (AvgIpc) is 2.68. The lowest BCUT2D eigenvalue weighted by molar-refractivity contribution is -0.153. The Morgan fingerprint density at radius 3 is 2.33 bits per heavy atom. The van der Waals surface area contributed by atoms with Crippen molar-refractivity contribution < 1.29 is 19.1 Å². The third kappa shape index (κ3) is 4.06. The summed E-state index contributed by atoms with van der Waals surface area (Å²) in [6.45, 7) is 1.29. The van der Waals surface area contributed by atoms with Gasteiger partial charge in [0.2, 0.25) is 11.8 Å². The topological polar surface area (TPSA) is 66.9 Å². The van der Waals surface area contributed by atoms with Crippen LogP contribution in [0.4, 0.5) is 0 Å². The Labute approximate surface area is 157 Å². The van der Waals surface area contributed by atoms with E-state index in [1.165, 1.54) is 11.8 Å². The lowest BCUT2D eigenvalue weighted by Crippen LogP contribution is -2.53. The maximum absolute atomic E-state index is 12.9. The highest BCUT2D eigenvalue weighted by Crippen LogP contribution is 2.23. The van der Waals surface area contributed by atoms with Crippen molar-refractivity contribution in [2.75, 3.05) is 13.7 Å². The molecule has 3 amide bonds. The summed E-state index contributed by atoms with van der Waals surface area (Å²) in [5, 5.41) is 0. The van der Waals surface area contributed by atoms with E-state index in [-0.39, 0.29) is 24.7 Å². The molecule has 27 heavy (non-hydrogen) atoms. The summed E-state index contributed by atoms with van der Waals surface area (Å²) < 4.78 is 5.14. The van der Waals surface area contributed by atoms with Gasteiger partial charge >= 0.3 is 0 Å². The first-order chi connectivity index (χ1) is 13.0. The van der Waals surface area contributed by atoms with Crippen molar-refractivity contribution in [3.8, 4) is 5.75 Å². The monoisotopic (exact) mass is 364 g/mol. The molecule has 0 aliphatic carbocycles. The number of hydrogen-bond donors (Lipinski definition) is 0. The maximum Gasteiger partial charge on any atom is 0.277 e. The van der Waals surface area contributed by atoms with E-state index in [0.717, 1.165) is 16.0 Å². The van der Waals surface area contributed by atoms with Crippen LogP contribution < -0.4 is 4.74 Å². The number of piperazine rings is 1. The molecule has 1 aliphatic rings. The van der Waals surface area contributed by atoms with Crippen LogP contribution in [0.1, 0.15) is 18.1 Å². The predicted octanol–water partition coefficient (Wildman–Crippen LogP) is 2.45. The Morgan fingerprint density at radius 1 is 1.07 bits per heavy atom. The van der Waals surface area contributed by atoms with Crippen LogP contribution in [0.3, 0.4) is 0 Å². The summed E-state index contributed by atoms with van der Waals surface area (Å²) in [6.07, 6.45) is 1.62. The molecular weight excluding hydrogens is 344 g/mol. The number of benzene rings is 2. The molecule has 1 aliphatic heterocycles. The smallest absolute Gasteiger partial charge is 0.277 e. The van der Waals surface area contributed by atoms with Gasteiger partial charge in [-0.25, -0.2) is 0 Å². The first-order valence-corrected chi connectivity index (χ1v) is 8.52. The van der Waals surface area contributed by atoms with Gasteiger partial charge in [-0.15, -0.1) is 0 Å². The van der Waals surface area contributed by atoms with Crippen LogP contribution in [-0.2, 0) is 20.9 Å². The standard InChI is InChI=1S/C21H20N2O4/c1-15(24)22-14-20(25)23(13-17-6-4-3-5-7-17)19(21(22)26)12-16-8-10-18(27-2)11-9-16/h3-12H,13-14H2,1-2H3/b19-12+. The van der Waals surface area contributed by atoms with Crippen LogP contribution >= 0.6 is 0 Å². The van der Waals surface area contributed by atoms with Crippen molar-refractivity contribution in [2.24, 2.45) is 0 Å². The van der Waals surface area contributed by atoms with Crippen LogP contribution in [0.15, 0.2) is 60.3 Å². The van der Waals surface area contributed by atoms with E-state index in [2.05, 4.69) is 0 Å². The van der Waals surface area contributed by atoms with Crippen LogP contribution in [0, 0.1) is 0 Å². The quantitative estimate of drug-likeness (QED) is 0.782. The lowest BCUT2D eigenvalue weighted by Gasteiger charge is -2.34. The molecule has 1 heterocycles. The molecule has 6 heteroatoms. The first-order valence-electron chi connectivity index (χ1n) is 8.52. The van der Waals surface area contributed by atoms with Crippen molar-refractivity contribution >= 4 is 23.8 Å². The SMILES string of the molecule is COc1ccc(/C=C2\C(=O)N(C(C)=O)CC(=O)N2Cc2ccccc2)cc1. The Morgan fingerprint density at radius 2 is 1.74 bits per heavy atom. The van der Waals surface area contributed by atoms with Crippen LogP contribution in [0.5, 0.6) is 5.75 Å². The van der Waals surface area contributed by atoms with Gasteiger partial charge in [0.15, 0.2) is 0 Å². The number of nitrogens with zero attached hydrogens (tertiary/aromatic N) is 2. The van der Waals surface area contributed by atoms with Gasteiger partial charge in [0.25, 0.3) is 5.91 Å². The van der Waals surface area contributed by atoms with Crippen LogP contribution in [-0.4, -0.2) is 41.2 Å². The Kier molecular flexibility index (Phi) is 5.35. The number of carbonyl (C=O) groups excluding carboxylic acids is 3. The van der Waals surface area contributed by atoms with Gasteiger partial charge in [0.1, 0.15) is 18.0 Å². The van der Waals surface area contributed by atoms with Gasteiger partial charge in [-0.1, -0.05) is 42.5 Å². The lowest BCUT2D eigenvalue weighted by atomic mass is 10.1. The molecule has 0 aromatic heterocycles. The van der Waals surface area contributed by atoms with E-state index in [0.29, 0.717) is 5.75 Å². The molecule has 6 nitrogen and oxygen atoms in total. The zero-order valence-corrected chi connectivity index (χ0v) is 15.2. The number of imide groups is 1. The predicted molar refractivity (Wildman–Crippen MR) is 100 cm³/mol. The second-order valence-electron chi connectivity index (χ2n) is 6.18. The van der Waals surface area contributed by atoms with Gasteiger partial charge in [-0.05, 0) is 29.3 Å². The zero-order valence-electron chi connectivity index (χ0n) is 15.2. The van der Waals surface area contributed by atoms with Crippen molar-refractivity contribution in [1.82, 2.24) is 9.80 Å². The molecular formula is C21H20N2O4. The number of ether oxygens (including phenoxy) is 1. The number of amides is 3. The first kappa shape index (κ1) is 18.4. The molecule has 0 radical (unpaired) electrons. The molecule has 3 rings (SSSR count). The summed E-state index contributed by atoms with van der Waals surface area (Å²) in [4.78, 5) is 39.7. The number of carbonyl (C=O) groups is 3. The Bertz CT molecular complexity index is 888. The molecule has 2 aromatic carbocycles. The summed E-state index contributed by atoms with van der Waals surface area (Å²) in [5.41, 5.74) is 1.81. The molecule has 0 atom stereocenters. The molecule has 0 N–H and O–H groups in total. The largest absolute Gasteiger partial charge is 0.497 e. The van der Waals surface area contributed by atoms with Gasteiger partial charge in [-0.2, -0.15) is 0 Å². The van der Waals surface area contributed by atoms with Crippen molar-refractivity contribution in [2.45, 2.75) is 13.5 Å². The minimum Gasteiger partial charge on any atom is -0.497 e. The van der Waals surface area contributed by atoms with E-state index in [1.807, 2.05) is 30.3 Å². The molecule has 0 spiro atoms. The van der Waals surface area contributed by atoms with E-state index in [9.17, 15) is 14.4 Å². The number of rotatable bonds is 4. The van der Waals surface area contributed by atoms with Crippen molar-refractivity contribution in [3.63, 3.8) is 0 Å². The zero-order chi connectivity index (χ0) is 19.4. The highest BCUT2D eigenvalue weighted by Gasteiger charge is 2.36. The fourth-order valence-corrected chi connectivity index (χ4v) is 2.87. The Balaban J connectivity index is 2.00. The minimum atomic E-state index is -0.478. The molecule has 0 unspecified atom stereocenters. The van der Waals surface area contributed by atoms with Crippen LogP contribution in [0.25, 0.3) is 6.08 Å². The average molecular weight is 364 g/mol. The molecule has 2 aromatic rings. The number of methoxy groups -OCH3 is 1. The van der Waals surface area contributed by atoms with Gasteiger partial charge in [0, 0.05) is 6.92 Å². The third-order valence-electron chi connectivity index (χ3n) is 4.33. The number of hydrogen-bond acceptors (Lipinski definition) is 4. The van der Waals surface area contributed by atoms with E-state index >= 15 is 0 Å². The second-order valence-corrected chi connectivity index (χ2v) is 6.18. The van der Waals surface area contributed by atoms with E-state index in [4.69, 9.17) is 4.74 Å². The second kappa shape index (κ2) is 7.86. The molecule has 0 bridgehead atoms. The molecule has 138 valence electrons. The fraction of sp³-hybridized carbons (Fsp3) is 0.190. The summed E-state index contributed by atoms with van der Waals surface area (Å²) in [7, 11) is 1.57. The van der Waals surface area contributed by atoms with Crippen molar-refractivity contribution in [1.29, 1.82) is 0 Å². The highest BCUT2D eigenvalue weighted by atomic mass is 16.5. The van der Waals surface area contributed by atoms with Gasteiger partial charge in [0.05, 0.1) is 13.7 Å². The van der Waals surface area contributed by atoms with Gasteiger partial charge < -0.3 is 9.64 Å². The maximum atomic E-state index is 12.9. The molecule has 0 saturated carbocycles. The third-order valence-corrected chi connectivity index (χ3v) is 4.33. The summed E-state index contributed by atoms with van der Waals surface area (Å²) in [6, 6.07) is 16.5. The van der Waals surface area contributed by atoms with E-state index in [1.54, 1.807) is 37.5 Å². The summed E-state index contributed by atoms with van der Waals surface area (Å²) in [5.74, 6) is -0.537. The van der Waals surface area contributed by atoms with Gasteiger partial charge in [-0.3, -0.25) is 19.3 Å². The Hall–Kier alpha value is -3.41. The summed E-state index contributed by atoms with van der Waals surface area (Å²) >= 11 is 0. The highest BCUT2D eigenvalue weighted by molar-refractivity contribution is 6.12. The fourth-order valence-electron chi connectivity index (χ4n) is 2.87. The molecule has 1 fully saturated rings. The van der Waals surface area contributed by atoms with E-state index < -0.39 is 11.8 Å². The minimum absolute atomic E-state index is 0.176. The van der Waals surface area contributed by atoms with Crippen LogP contribution in [0.2, 0.25) is 0 Å². The van der Waals surface area contributed by atoms with Crippen molar-refractivity contribution in [3.05, 3.63) is 71.4 Å². The normalized spacial score (nSPS) is 16.0. The molecule has 1 saturated heterocycles.